The van der Waals surface area contributed by atoms with Crippen molar-refractivity contribution >= 4 is 5.97 Å². The van der Waals surface area contributed by atoms with Gasteiger partial charge in [0.25, 0.3) is 0 Å². The Kier molecular flexibility index (Phi) is 17.5. The summed E-state index contributed by atoms with van der Waals surface area (Å²) in [5, 5.41) is 0. The van der Waals surface area contributed by atoms with Crippen LogP contribution < -0.4 is 38.2 Å². The summed E-state index contributed by atoms with van der Waals surface area (Å²) in [7, 11) is 9.60. The lowest BCUT2D eigenvalue weighted by atomic mass is 10.1. The standard InChI is InChI=1S/C26H46NO5.HI/c1-7-8-9-10-11-12-13-15-18-31-25-23(29-5)20-22(21-24(25)30-6)26(28)32-19-16-14-17-27(2,3)4;/h20-21H,7-19H2,1-6H3;1H/q+1;/p-1. The molecule has 0 spiro atoms. The minimum Gasteiger partial charge on any atom is -1.00 e. The van der Waals surface area contributed by atoms with Crippen LogP contribution in [0.25, 0.3) is 0 Å². The van der Waals surface area contributed by atoms with E-state index in [1.54, 1.807) is 26.4 Å². The molecule has 0 aromatic heterocycles. The average molecular weight is 580 g/mol. The number of nitrogens with zero attached hydrogens (tertiary/aromatic N) is 1. The van der Waals surface area contributed by atoms with Gasteiger partial charge in [0.05, 0.1) is 60.7 Å². The first kappa shape index (κ1) is 31.8. The van der Waals surface area contributed by atoms with Crippen LogP contribution >= 0.6 is 0 Å². The zero-order valence-corrected chi connectivity index (χ0v) is 23.9. The first-order valence-corrected chi connectivity index (χ1v) is 12.2. The highest BCUT2D eigenvalue weighted by atomic mass is 127. The second-order valence-corrected chi connectivity index (χ2v) is 9.39. The highest BCUT2D eigenvalue weighted by molar-refractivity contribution is 5.91. The first-order valence-electron chi connectivity index (χ1n) is 12.2. The monoisotopic (exact) mass is 579 g/mol. The number of hydrogen-bond donors (Lipinski definition) is 0. The van der Waals surface area contributed by atoms with Gasteiger partial charge in [-0.3, -0.25) is 0 Å². The SMILES string of the molecule is CCCCCCCCCCOc1c(OC)cc(C(=O)OCCCC[N+](C)(C)C)cc1OC.[I-]. The van der Waals surface area contributed by atoms with Crippen LogP contribution in [0.1, 0.15) is 81.5 Å². The number of methoxy groups -OCH3 is 2. The van der Waals surface area contributed by atoms with Gasteiger partial charge < -0.3 is 47.4 Å². The van der Waals surface area contributed by atoms with E-state index in [9.17, 15) is 4.79 Å². The summed E-state index contributed by atoms with van der Waals surface area (Å²) in [5.41, 5.74) is 0.407. The van der Waals surface area contributed by atoms with Crippen LogP contribution in [0, 0.1) is 0 Å². The van der Waals surface area contributed by atoms with Gasteiger partial charge in [0.15, 0.2) is 11.5 Å². The summed E-state index contributed by atoms with van der Waals surface area (Å²) in [6.07, 6.45) is 11.8. The van der Waals surface area contributed by atoms with E-state index in [1.165, 1.54) is 38.5 Å². The van der Waals surface area contributed by atoms with Crippen LogP contribution in [0.2, 0.25) is 0 Å². The van der Waals surface area contributed by atoms with E-state index in [4.69, 9.17) is 18.9 Å². The molecule has 1 aromatic rings. The van der Waals surface area contributed by atoms with Gasteiger partial charge in [0, 0.05) is 0 Å². The number of esters is 1. The van der Waals surface area contributed by atoms with Gasteiger partial charge in [-0.05, 0) is 31.4 Å². The Balaban J connectivity index is 0.0000102. The molecule has 0 bridgehead atoms. The van der Waals surface area contributed by atoms with E-state index in [1.807, 2.05) is 0 Å². The van der Waals surface area contributed by atoms with Crippen molar-refractivity contribution in [1.29, 1.82) is 0 Å². The Hall–Kier alpha value is -1.22. The second-order valence-electron chi connectivity index (χ2n) is 9.39. The van der Waals surface area contributed by atoms with E-state index in [2.05, 4.69) is 28.1 Å². The minimum atomic E-state index is -0.374. The van der Waals surface area contributed by atoms with Crippen molar-refractivity contribution in [2.45, 2.75) is 71.1 Å². The number of rotatable bonds is 18. The smallest absolute Gasteiger partial charge is 0.338 e. The first-order chi connectivity index (χ1) is 15.3. The Bertz CT molecular complexity index is 636. The molecule has 0 unspecified atom stereocenters. The van der Waals surface area contributed by atoms with Gasteiger partial charge in [0.2, 0.25) is 5.75 Å². The van der Waals surface area contributed by atoms with Crippen molar-refractivity contribution in [1.82, 2.24) is 0 Å². The summed E-state index contributed by atoms with van der Waals surface area (Å²) in [4.78, 5) is 12.5. The molecule has 0 atom stereocenters. The van der Waals surface area contributed by atoms with Crippen molar-refractivity contribution in [2.75, 3.05) is 55.1 Å². The quantitative estimate of drug-likeness (QED) is 0.116. The summed E-state index contributed by atoms with van der Waals surface area (Å²) in [5.74, 6) is 1.14. The molecule has 0 saturated heterocycles. The fraction of sp³-hybridized carbons (Fsp3) is 0.731. The second kappa shape index (κ2) is 18.2. The third kappa shape index (κ3) is 13.9. The fourth-order valence-electron chi connectivity index (χ4n) is 3.49. The molecular weight excluding hydrogens is 533 g/mol. The van der Waals surface area contributed by atoms with Crippen LogP contribution in [0.5, 0.6) is 17.2 Å². The molecule has 0 N–H and O–H groups in total. The number of ether oxygens (including phenoxy) is 4. The summed E-state index contributed by atoms with van der Waals surface area (Å²) in [6.45, 7) is 4.28. The van der Waals surface area contributed by atoms with E-state index in [0.717, 1.165) is 36.7 Å². The molecule has 0 saturated carbocycles. The number of quaternary nitrogens is 1. The molecule has 7 heteroatoms. The number of benzene rings is 1. The number of halogens is 1. The molecule has 6 nitrogen and oxygen atoms in total. The van der Waals surface area contributed by atoms with Gasteiger partial charge in [-0.15, -0.1) is 0 Å². The van der Waals surface area contributed by atoms with E-state index in [-0.39, 0.29) is 29.9 Å². The van der Waals surface area contributed by atoms with Crippen LogP contribution in [-0.2, 0) is 4.74 Å². The van der Waals surface area contributed by atoms with Crippen molar-refractivity contribution < 1.29 is 52.2 Å². The largest absolute Gasteiger partial charge is 1.00 e. The molecule has 0 aliphatic carbocycles. The summed E-state index contributed by atoms with van der Waals surface area (Å²) < 4.78 is 23.3. The highest BCUT2D eigenvalue weighted by Gasteiger charge is 2.18. The maximum absolute atomic E-state index is 12.5. The number of hydrogen-bond acceptors (Lipinski definition) is 5. The van der Waals surface area contributed by atoms with Crippen molar-refractivity contribution in [3.05, 3.63) is 17.7 Å². The van der Waals surface area contributed by atoms with Crippen molar-refractivity contribution in [3.63, 3.8) is 0 Å². The lowest BCUT2D eigenvalue weighted by molar-refractivity contribution is -0.870. The zero-order valence-electron chi connectivity index (χ0n) is 21.7. The predicted octanol–water partition coefficient (Wildman–Crippen LogP) is 2.87. The lowest BCUT2D eigenvalue weighted by Crippen LogP contribution is -3.00. The maximum atomic E-state index is 12.5. The van der Waals surface area contributed by atoms with E-state index < -0.39 is 0 Å². The Labute approximate surface area is 218 Å². The number of carbonyl (C=O) groups is 1. The summed E-state index contributed by atoms with van der Waals surface area (Å²) >= 11 is 0. The third-order valence-corrected chi connectivity index (χ3v) is 5.40. The molecule has 1 aromatic carbocycles. The van der Waals surface area contributed by atoms with Crippen LogP contribution in [0.3, 0.4) is 0 Å². The Morgan fingerprint density at radius 2 is 1.30 bits per heavy atom. The van der Waals surface area contributed by atoms with Crippen LogP contribution in [0.15, 0.2) is 12.1 Å². The number of carbonyl (C=O) groups excluding carboxylic acids is 1. The molecule has 1 rings (SSSR count). The highest BCUT2D eigenvalue weighted by Crippen LogP contribution is 2.39. The molecule has 0 heterocycles. The number of unbranched alkanes of at least 4 members (excludes halogenated alkanes) is 8. The van der Waals surface area contributed by atoms with Gasteiger partial charge in [-0.1, -0.05) is 51.9 Å². The average Bonchev–Trinajstić information content (AvgIpc) is 2.76. The van der Waals surface area contributed by atoms with E-state index >= 15 is 0 Å². The minimum absolute atomic E-state index is 0. The van der Waals surface area contributed by atoms with Crippen LogP contribution in [-0.4, -0.2) is 65.6 Å². The normalized spacial score (nSPS) is 11.0. The Morgan fingerprint density at radius 1 is 0.788 bits per heavy atom. The van der Waals surface area contributed by atoms with Gasteiger partial charge in [0.1, 0.15) is 0 Å². The van der Waals surface area contributed by atoms with E-state index in [0.29, 0.717) is 36.0 Å². The molecule has 0 aliphatic heterocycles. The molecule has 0 fully saturated rings. The zero-order chi connectivity index (χ0) is 23.8. The predicted molar refractivity (Wildman–Crippen MR) is 130 cm³/mol. The lowest BCUT2D eigenvalue weighted by Gasteiger charge is -2.23. The molecular formula is C26H46INO5. The van der Waals surface area contributed by atoms with Crippen molar-refractivity contribution in [3.8, 4) is 17.2 Å². The maximum Gasteiger partial charge on any atom is 0.338 e. The van der Waals surface area contributed by atoms with Crippen LogP contribution in [0.4, 0.5) is 0 Å². The third-order valence-electron chi connectivity index (χ3n) is 5.40. The topological polar surface area (TPSA) is 54.0 Å². The molecule has 0 aliphatic rings. The van der Waals surface area contributed by atoms with Gasteiger partial charge in [-0.25, -0.2) is 4.79 Å². The fourth-order valence-corrected chi connectivity index (χ4v) is 3.49. The van der Waals surface area contributed by atoms with Gasteiger partial charge in [-0.2, -0.15) is 0 Å². The molecule has 0 amide bonds. The molecule has 0 radical (unpaired) electrons. The van der Waals surface area contributed by atoms with Crippen molar-refractivity contribution in [2.24, 2.45) is 0 Å². The molecule has 33 heavy (non-hydrogen) atoms. The Morgan fingerprint density at radius 3 is 1.82 bits per heavy atom. The summed E-state index contributed by atoms with van der Waals surface area (Å²) in [6, 6.07) is 3.33. The molecule has 192 valence electrons. The van der Waals surface area contributed by atoms with Gasteiger partial charge >= 0.3 is 5.97 Å².